The maximum Gasteiger partial charge on any atom is 0.0846 e. The van der Waals surface area contributed by atoms with Gasteiger partial charge < -0.3 is 19.8 Å². The van der Waals surface area contributed by atoms with Crippen LogP contribution in [0.2, 0.25) is 0 Å². The molecular formula is C29H35N3O3S. The quantitative estimate of drug-likeness (QED) is 0.432. The van der Waals surface area contributed by atoms with E-state index in [9.17, 15) is 10.2 Å². The van der Waals surface area contributed by atoms with Gasteiger partial charge >= 0.3 is 0 Å². The number of β-amino-alcohol motifs (C(OH)–C–C–N with tert-alkyl or cyclic N) is 1. The van der Waals surface area contributed by atoms with Crippen LogP contribution < -0.4 is 4.90 Å². The Balaban J connectivity index is 1.25. The minimum atomic E-state index is -0.572. The van der Waals surface area contributed by atoms with Crippen LogP contribution in [0.4, 0.5) is 11.4 Å². The highest BCUT2D eigenvalue weighted by Crippen LogP contribution is 2.47. The van der Waals surface area contributed by atoms with E-state index in [0.717, 1.165) is 44.2 Å². The lowest BCUT2D eigenvalue weighted by Gasteiger charge is -2.35. The monoisotopic (exact) mass is 505 g/mol. The van der Waals surface area contributed by atoms with Crippen molar-refractivity contribution in [3.05, 3.63) is 83.9 Å². The fourth-order valence-electron chi connectivity index (χ4n) is 5.02. The summed E-state index contributed by atoms with van der Waals surface area (Å²) >= 11 is 1.77. The van der Waals surface area contributed by atoms with Crippen LogP contribution in [0, 0.1) is 0 Å². The Hall–Kier alpha value is -2.39. The van der Waals surface area contributed by atoms with Crippen LogP contribution in [0.3, 0.4) is 0 Å². The standard InChI is InChI=1S/C29H35N3O3S/c33-15-12-31(20-24-7-5-6-23(18-24)19-30-13-16-35-17-14-30)21-25(34)22-32-26-8-1-3-10-28(26)36-29-11-4-2-9-27(29)32/h1-11,18,25,33-34H,12-17,19-22H2. The molecule has 7 heteroatoms. The molecule has 3 aromatic rings. The van der Waals surface area contributed by atoms with Crippen molar-refractivity contribution in [2.24, 2.45) is 0 Å². The Labute approximate surface area is 218 Å². The molecule has 0 aliphatic carbocycles. The first-order valence-corrected chi connectivity index (χ1v) is 13.5. The third kappa shape index (κ3) is 6.29. The Morgan fingerprint density at radius 1 is 0.889 bits per heavy atom. The first kappa shape index (κ1) is 25.3. The van der Waals surface area contributed by atoms with Crippen LogP contribution >= 0.6 is 11.8 Å². The van der Waals surface area contributed by atoms with Crippen molar-refractivity contribution < 1.29 is 14.9 Å². The molecule has 0 amide bonds. The van der Waals surface area contributed by atoms with Crippen molar-refractivity contribution in [2.45, 2.75) is 29.0 Å². The first-order chi connectivity index (χ1) is 17.7. The Kier molecular flexibility index (Phi) is 8.59. The lowest BCUT2D eigenvalue weighted by atomic mass is 10.1. The number of hydrogen-bond acceptors (Lipinski definition) is 7. The molecule has 5 rings (SSSR count). The van der Waals surface area contributed by atoms with Crippen molar-refractivity contribution in [3.8, 4) is 0 Å². The number of benzene rings is 3. The van der Waals surface area contributed by atoms with E-state index in [4.69, 9.17) is 4.74 Å². The Morgan fingerprint density at radius 3 is 2.25 bits per heavy atom. The van der Waals surface area contributed by atoms with E-state index < -0.39 is 6.10 Å². The third-order valence-corrected chi connectivity index (χ3v) is 7.85. The van der Waals surface area contributed by atoms with Crippen LogP contribution in [0.5, 0.6) is 0 Å². The molecule has 0 aromatic heterocycles. The van der Waals surface area contributed by atoms with E-state index in [-0.39, 0.29) is 6.61 Å². The molecule has 2 aliphatic rings. The second-order valence-electron chi connectivity index (χ2n) is 9.47. The fourth-order valence-corrected chi connectivity index (χ4v) is 6.12. The van der Waals surface area contributed by atoms with E-state index in [1.54, 1.807) is 11.8 Å². The normalized spacial score (nSPS) is 16.6. The van der Waals surface area contributed by atoms with Gasteiger partial charge in [-0.05, 0) is 35.4 Å². The summed E-state index contributed by atoms with van der Waals surface area (Å²) in [4.78, 5) is 9.20. The van der Waals surface area contributed by atoms with Gasteiger partial charge in [-0.2, -0.15) is 0 Å². The summed E-state index contributed by atoms with van der Waals surface area (Å²) in [5.41, 5.74) is 4.75. The van der Waals surface area contributed by atoms with E-state index in [1.165, 1.54) is 20.9 Å². The maximum absolute atomic E-state index is 11.2. The highest BCUT2D eigenvalue weighted by molar-refractivity contribution is 7.99. The summed E-state index contributed by atoms with van der Waals surface area (Å²) in [6, 6.07) is 25.4. The van der Waals surface area contributed by atoms with Crippen LogP contribution in [-0.2, 0) is 17.8 Å². The minimum Gasteiger partial charge on any atom is -0.395 e. The summed E-state index contributed by atoms with van der Waals surface area (Å²) < 4.78 is 5.47. The molecule has 1 unspecified atom stereocenters. The van der Waals surface area contributed by atoms with Crippen LogP contribution in [0.25, 0.3) is 0 Å². The maximum atomic E-state index is 11.2. The zero-order valence-corrected chi connectivity index (χ0v) is 21.4. The highest BCUT2D eigenvalue weighted by atomic mass is 32.2. The van der Waals surface area contributed by atoms with Gasteiger partial charge in [0.2, 0.25) is 0 Å². The molecule has 190 valence electrons. The number of rotatable bonds is 10. The molecule has 2 aliphatic heterocycles. The van der Waals surface area contributed by atoms with Gasteiger partial charge in [-0.3, -0.25) is 9.80 Å². The predicted molar refractivity (Wildman–Crippen MR) is 145 cm³/mol. The fraction of sp³-hybridized carbons (Fsp3) is 0.379. The zero-order chi connectivity index (χ0) is 24.7. The minimum absolute atomic E-state index is 0.0617. The van der Waals surface area contributed by atoms with Gasteiger partial charge in [0.15, 0.2) is 0 Å². The van der Waals surface area contributed by atoms with E-state index in [0.29, 0.717) is 26.2 Å². The number of aliphatic hydroxyl groups excluding tert-OH is 2. The number of ether oxygens (including phenoxy) is 1. The molecule has 3 aromatic carbocycles. The molecule has 2 N–H and O–H groups in total. The summed E-state index contributed by atoms with van der Waals surface area (Å²) in [5.74, 6) is 0. The van der Waals surface area contributed by atoms with Crippen LogP contribution in [-0.4, -0.2) is 78.7 Å². The van der Waals surface area contributed by atoms with Crippen molar-refractivity contribution in [2.75, 3.05) is 57.4 Å². The van der Waals surface area contributed by atoms with Gasteiger partial charge in [-0.15, -0.1) is 0 Å². The number of nitrogens with zero attached hydrogens (tertiary/aromatic N) is 3. The summed E-state index contributed by atoms with van der Waals surface area (Å²) in [6.45, 7) is 6.71. The molecule has 0 saturated carbocycles. The molecule has 1 atom stereocenters. The predicted octanol–water partition coefficient (Wildman–Crippen LogP) is 3.98. The lowest BCUT2D eigenvalue weighted by molar-refractivity contribution is 0.0342. The second-order valence-corrected chi connectivity index (χ2v) is 10.6. The van der Waals surface area contributed by atoms with Crippen molar-refractivity contribution in [3.63, 3.8) is 0 Å². The summed E-state index contributed by atoms with van der Waals surface area (Å²) in [7, 11) is 0. The van der Waals surface area contributed by atoms with Gasteiger partial charge in [0.1, 0.15) is 0 Å². The SMILES string of the molecule is OCCN(Cc1cccc(CN2CCOCC2)c1)CC(O)CN1c2ccccc2Sc2ccccc21. The molecule has 1 fully saturated rings. The van der Waals surface area contributed by atoms with E-state index in [1.807, 2.05) is 0 Å². The van der Waals surface area contributed by atoms with Crippen LogP contribution in [0.15, 0.2) is 82.6 Å². The zero-order valence-electron chi connectivity index (χ0n) is 20.6. The molecule has 0 bridgehead atoms. The largest absolute Gasteiger partial charge is 0.395 e. The Bertz CT molecular complexity index is 1090. The van der Waals surface area contributed by atoms with Gasteiger partial charge in [-0.1, -0.05) is 60.3 Å². The highest BCUT2D eigenvalue weighted by Gasteiger charge is 2.25. The van der Waals surface area contributed by atoms with Crippen molar-refractivity contribution >= 4 is 23.1 Å². The van der Waals surface area contributed by atoms with Crippen molar-refractivity contribution in [1.29, 1.82) is 0 Å². The van der Waals surface area contributed by atoms with Gasteiger partial charge in [0.25, 0.3) is 0 Å². The average molecular weight is 506 g/mol. The molecule has 6 nitrogen and oxygen atoms in total. The molecular weight excluding hydrogens is 470 g/mol. The summed E-state index contributed by atoms with van der Waals surface area (Å²) in [6.07, 6.45) is -0.572. The van der Waals surface area contributed by atoms with E-state index in [2.05, 4.69) is 87.5 Å². The topological polar surface area (TPSA) is 59.4 Å². The second kappa shape index (κ2) is 12.2. The third-order valence-electron chi connectivity index (χ3n) is 6.72. The van der Waals surface area contributed by atoms with Crippen LogP contribution in [0.1, 0.15) is 11.1 Å². The molecule has 1 saturated heterocycles. The van der Waals surface area contributed by atoms with Gasteiger partial charge in [-0.25, -0.2) is 0 Å². The average Bonchev–Trinajstić information content (AvgIpc) is 2.89. The number of aliphatic hydroxyl groups is 2. The number of fused-ring (bicyclic) bond motifs is 2. The number of hydrogen-bond donors (Lipinski definition) is 2. The van der Waals surface area contributed by atoms with Gasteiger partial charge in [0.05, 0.1) is 43.8 Å². The molecule has 36 heavy (non-hydrogen) atoms. The van der Waals surface area contributed by atoms with Gasteiger partial charge in [0, 0.05) is 49.1 Å². The molecule has 0 radical (unpaired) electrons. The lowest BCUT2D eigenvalue weighted by Crippen LogP contribution is -2.40. The number of anilines is 2. The molecule has 2 heterocycles. The smallest absolute Gasteiger partial charge is 0.0846 e. The Morgan fingerprint density at radius 2 is 1.56 bits per heavy atom. The molecule has 0 spiro atoms. The first-order valence-electron chi connectivity index (χ1n) is 12.7. The van der Waals surface area contributed by atoms with Crippen molar-refractivity contribution in [1.82, 2.24) is 9.80 Å². The number of morpholine rings is 1. The summed E-state index contributed by atoms with van der Waals surface area (Å²) in [5, 5.41) is 20.9. The number of para-hydroxylation sites is 2. The van der Waals surface area contributed by atoms with E-state index >= 15 is 0 Å².